The lowest BCUT2D eigenvalue weighted by atomic mass is 9.89. The molecule has 26 heavy (non-hydrogen) atoms. The minimum absolute atomic E-state index is 0.0915. The molecule has 1 atom stereocenters. The summed E-state index contributed by atoms with van der Waals surface area (Å²) in [4.78, 5) is 27.9. The molecule has 2 aliphatic carbocycles. The maximum Gasteiger partial charge on any atom is 0.257 e. The van der Waals surface area contributed by atoms with Crippen molar-refractivity contribution in [2.24, 2.45) is 0 Å². The molecule has 1 aromatic carbocycles. The first kappa shape index (κ1) is 17.3. The highest BCUT2D eigenvalue weighted by Gasteiger charge is 2.53. The van der Waals surface area contributed by atoms with E-state index in [0.717, 1.165) is 44.9 Å². The van der Waals surface area contributed by atoms with Crippen molar-refractivity contribution in [1.29, 1.82) is 0 Å². The molecular weight excluding hydrogens is 332 g/mol. The van der Waals surface area contributed by atoms with Crippen molar-refractivity contribution < 1.29 is 19.1 Å². The largest absolute Gasteiger partial charge is 0.497 e. The fourth-order valence-corrected chi connectivity index (χ4v) is 4.09. The van der Waals surface area contributed by atoms with Crippen molar-refractivity contribution in [3.05, 3.63) is 29.8 Å². The van der Waals surface area contributed by atoms with Gasteiger partial charge in [-0.05, 0) is 56.7 Å². The number of rotatable bonds is 4. The second-order valence-corrected chi connectivity index (χ2v) is 7.52. The van der Waals surface area contributed by atoms with Crippen molar-refractivity contribution in [2.45, 2.75) is 62.8 Å². The van der Waals surface area contributed by atoms with E-state index in [1.165, 1.54) is 0 Å². The number of carbonyl (C=O) groups excluding carboxylic acids is 2. The number of hydrogen-bond donors (Lipinski definition) is 1. The zero-order valence-electron chi connectivity index (χ0n) is 15.2. The molecule has 1 aliphatic heterocycles. The molecule has 2 amide bonds. The fraction of sp³-hybridized carbons (Fsp3) is 0.600. The molecule has 1 spiro atoms. The Hall–Kier alpha value is -2.08. The summed E-state index contributed by atoms with van der Waals surface area (Å²) in [5.74, 6) is 0.387. The molecule has 1 heterocycles. The van der Waals surface area contributed by atoms with E-state index in [9.17, 15) is 9.59 Å². The van der Waals surface area contributed by atoms with Gasteiger partial charge in [-0.2, -0.15) is 0 Å². The first-order chi connectivity index (χ1) is 12.6. The van der Waals surface area contributed by atoms with Gasteiger partial charge in [-0.3, -0.25) is 14.5 Å². The van der Waals surface area contributed by atoms with E-state index in [2.05, 4.69) is 5.32 Å². The summed E-state index contributed by atoms with van der Waals surface area (Å²) in [5, 5.41) is 3.04. The van der Waals surface area contributed by atoms with E-state index in [0.29, 0.717) is 11.3 Å². The molecule has 0 aromatic heterocycles. The number of carbonyl (C=O) groups is 2. The number of hydrogen-bond acceptors (Lipinski definition) is 4. The molecule has 0 bridgehead atoms. The van der Waals surface area contributed by atoms with Crippen LogP contribution in [0.5, 0.6) is 5.75 Å². The van der Waals surface area contributed by atoms with E-state index in [1.807, 2.05) is 6.07 Å². The second-order valence-electron chi connectivity index (χ2n) is 7.52. The number of amides is 2. The van der Waals surface area contributed by atoms with Crippen LogP contribution in [0.25, 0.3) is 0 Å². The van der Waals surface area contributed by atoms with Crippen molar-refractivity contribution in [3.8, 4) is 5.75 Å². The normalized spacial score (nSPS) is 24.5. The summed E-state index contributed by atoms with van der Waals surface area (Å²) in [5.41, 5.74) is -0.117. The number of nitrogens with zero attached hydrogens (tertiary/aromatic N) is 1. The molecule has 6 nitrogen and oxygen atoms in total. The Morgan fingerprint density at radius 3 is 2.69 bits per heavy atom. The Morgan fingerprint density at radius 1 is 1.23 bits per heavy atom. The van der Waals surface area contributed by atoms with Gasteiger partial charge in [-0.1, -0.05) is 12.5 Å². The SMILES string of the molecule is COc1cccc(C(=O)N2[C@H](C(=O)NC3CC3)COC23CCCCC3)c1. The van der Waals surface area contributed by atoms with Crippen LogP contribution in [-0.4, -0.2) is 48.2 Å². The smallest absolute Gasteiger partial charge is 0.257 e. The summed E-state index contributed by atoms with van der Waals surface area (Å²) >= 11 is 0. The van der Waals surface area contributed by atoms with Gasteiger partial charge in [0.1, 0.15) is 17.5 Å². The number of nitrogens with one attached hydrogen (secondary N) is 1. The fourth-order valence-electron chi connectivity index (χ4n) is 4.09. The maximum absolute atomic E-state index is 13.4. The molecule has 4 rings (SSSR count). The standard InChI is InChI=1S/C20H26N2O4/c1-25-16-7-5-6-14(12-16)19(24)22-17(18(23)21-15-8-9-15)13-26-20(22)10-3-2-4-11-20/h5-7,12,15,17H,2-4,8-11,13H2,1H3,(H,21,23)/t17-/m0/s1. The molecule has 1 aromatic rings. The summed E-state index contributed by atoms with van der Waals surface area (Å²) in [7, 11) is 1.58. The predicted octanol–water partition coefficient (Wildman–Crippen LogP) is 2.48. The van der Waals surface area contributed by atoms with Crippen molar-refractivity contribution in [3.63, 3.8) is 0 Å². The lowest BCUT2D eigenvalue weighted by Crippen LogP contribution is -2.56. The van der Waals surface area contributed by atoms with E-state index in [4.69, 9.17) is 9.47 Å². The summed E-state index contributed by atoms with van der Waals surface area (Å²) < 4.78 is 11.4. The quantitative estimate of drug-likeness (QED) is 0.898. The van der Waals surface area contributed by atoms with Gasteiger partial charge in [-0.25, -0.2) is 0 Å². The molecule has 2 saturated carbocycles. The Kier molecular flexibility index (Phi) is 4.61. The van der Waals surface area contributed by atoms with Crippen LogP contribution in [-0.2, 0) is 9.53 Å². The van der Waals surface area contributed by atoms with E-state index in [-0.39, 0.29) is 24.5 Å². The zero-order valence-corrected chi connectivity index (χ0v) is 15.2. The van der Waals surface area contributed by atoms with Gasteiger partial charge in [0.25, 0.3) is 5.91 Å². The van der Waals surface area contributed by atoms with Crippen LogP contribution in [0, 0.1) is 0 Å². The lowest BCUT2D eigenvalue weighted by Gasteiger charge is -2.41. The third-order valence-electron chi connectivity index (χ3n) is 5.66. The molecule has 6 heteroatoms. The average molecular weight is 358 g/mol. The monoisotopic (exact) mass is 358 g/mol. The zero-order chi connectivity index (χ0) is 18.1. The topological polar surface area (TPSA) is 67.9 Å². The highest BCUT2D eigenvalue weighted by Crippen LogP contribution is 2.41. The van der Waals surface area contributed by atoms with Crippen molar-refractivity contribution in [2.75, 3.05) is 13.7 Å². The molecule has 3 aliphatic rings. The second kappa shape index (κ2) is 6.91. The third-order valence-corrected chi connectivity index (χ3v) is 5.66. The minimum Gasteiger partial charge on any atom is -0.497 e. The minimum atomic E-state index is -0.649. The van der Waals surface area contributed by atoms with Crippen LogP contribution in [0.2, 0.25) is 0 Å². The van der Waals surface area contributed by atoms with Crippen LogP contribution in [0.1, 0.15) is 55.3 Å². The Morgan fingerprint density at radius 2 is 2.00 bits per heavy atom. The van der Waals surface area contributed by atoms with Gasteiger partial charge in [-0.15, -0.1) is 0 Å². The number of ether oxygens (including phenoxy) is 2. The Bertz CT molecular complexity index is 695. The first-order valence-electron chi connectivity index (χ1n) is 9.55. The van der Waals surface area contributed by atoms with Crippen LogP contribution in [0.15, 0.2) is 24.3 Å². The van der Waals surface area contributed by atoms with E-state index >= 15 is 0 Å². The van der Waals surface area contributed by atoms with Crippen LogP contribution >= 0.6 is 0 Å². The Balaban J connectivity index is 1.65. The summed E-state index contributed by atoms with van der Waals surface area (Å²) in [6.45, 7) is 0.272. The van der Waals surface area contributed by atoms with Crippen LogP contribution in [0.4, 0.5) is 0 Å². The summed E-state index contributed by atoms with van der Waals surface area (Å²) in [6.07, 6.45) is 6.79. The molecule has 0 radical (unpaired) electrons. The van der Waals surface area contributed by atoms with E-state index in [1.54, 1.807) is 30.2 Å². The molecule has 1 saturated heterocycles. The summed E-state index contributed by atoms with van der Waals surface area (Å²) in [6, 6.07) is 6.81. The first-order valence-corrected chi connectivity index (χ1v) is 9.55. The van der Waals surface area contributed by atoms with Gasteiger partial charge in [0.05, 0.1) is 13.7 Å². The highest BCUT2D eigenvalue weighted by atomic mass is 16.5. The van der Waals surface area contributed by atoms with E-state index < -0.39 is 11.8 Å². The molecule has 140 valence electrons. The number of benzene rings is 1. The Labute approximate surface area is 153 Å². The maximum atomic E-state index is 13.4. The van der Waals surface area contributed by atoms with Crippen LogP contribution < -0.4 is 10.1 Å². The highest BCUT2D eigenvalue weighted by molar-refractivity contribution is 5.98. The molecular formula is C20H26N2O4. The van der Waals surface area contributed by atoms with Crippen molar-refractivity contribution in [1.82, 2.24) is 10.2 Å². The third kappa shape index (κ3) is 3.18. The molecule has 3 fully saturated rings. The van der Waals surface area contributed by atoms with Crippen LogP contribution in [0.3, 0.4) is 0 Å². The molecule has 1 N–H and O–H groups in total. The molecule has 0 unspecified atom stereocenters. The van der Waals surface area contributed by atoms with Gasteiger partial charge in [0.2, 0.25) is 5.91 Å². The van der Waals surface area contributed by atoms with Crippen molar-refractivity contribution >= 4 is 11.8 Å². The van der Waals surface area contributed by atoms with Gasteiger partial charge in [0.15, 0.2) is 0 Å². The van der Waals surface area contributed by atoms with Gasteiger partial charge in [0, 0.05) is 11.6 Å². The van der Waals surface area contributed by atoms with Gasteiger partial charge < -0.3 is 14.8 Å². The number of methoxy groups -OCH3 is 1. The lowest BCUT2D eigenvalue weighted by molar-refractivity contribution is -0.127. The average Bonchev–Trinajstić information content (AvgIpc) is 3.42. The predicted molar refractivity (Wildman–Crippen MR) is 95.9 cm³/mol. The van der Waals surface area contributed by atoms with Gasteiger partial charge >= 0.3 is 0 Å².